The SMILES string of the molecule is CC(CCN1CN(C23c4ccccc4CC2Cc2ccccc23)n2ccc(=O)c(O)c2C1=O)c1ccccc1. The maximum atomic E-state index is 13.9. The number of benzene rings is 3. The van der Waals surface area contributed by atoms with Crippen molar-refractivity contribution in [2.45, 2.75) is 37.6 Å². The fourth-order valence-electron chi connectivity index (χ4n) is 7.23. The topological polar surface area (TPSA) is 65.8 Å². The summed E-state index contributed by atoms with van der Waals surface area (Å²) in [6.07, 6.45) is 4.29. The van der Waals surface area contributed by atoms with Crippen LogP contribution in [0, 0.1) is 5.92 Å². The molecule has 3 aliphatic rings. The fraction of sp³-hybridized carbons (Fsp3) is 0.273. The van der Waals surface area contributed by atoms with Crippen LogP contribution in [0.3, 0.4) is 0 Å². The molecule has 1 unspecified atom stereocenters. The number of carbonyl (C=O) groups excluding carboxylic acids is 1. The summed E-state index contributed by atoms with van der Waals surface area (Å²) < 4.78 is 1.76. The van der Waals surface area contributed by atoms with E-state index in [1.807, 2.05) is 23.1 Å². The number of nitrogens with zero attached hydrogens (tertiary/aromatic N) is 3. The van der Waals surface area contributed by atoms with Crippen LogP contribution in [-0.4, -0.2) is 33.8 Å². The van der Waals surface area contributed by atoms with Crippen LogP contribution in [0.1, 0.15) is 57.6 Å². The first-order valence-corrected chi connectivity index (χ1v) is 13.7. The summed E-state index contributed by atoms with van der Waals surface area (Å²) >= 11 is 0. The molecule has 1 amide bonds. The van der Waals surface area contributed by atoms with Crippen molar-refractivity contribution in [3.63, 3.8) is 0 Å². The fourth-order valence-corrected chi connectivity index (χ4v) is 7.23. The second-order valence-corrected chi connectivity index (χ2v) is 11.1. The van der Waals surface area contributed by atoms with Gasteiger partial charge in [-0.2, -0.15) is 0 Å². The molecule has 1 aromatic heterocycles. The van der Waals surface area contributed by atoms with Crippen LogP contribution < -0.4 is 10.4 Å². The summed E-state index contributed by atoms with van der Waals surface area (Å²) in [5.74, 6) is -0.280. The Kier molecular flexibility index (Phi) is 5.41. The van der Waals surface area contributed by atoms with E-state index in [1.165, 1.54) is 33.9 Å². The third kappa shape index (κ3) is 3.40. The van der Waals surface area contributed by atoms with Crippen molar-refractivity contribution in [2.75, 3.05) is 18.2 Å². The smallest absolute Gasteiger partial charge is 0.277 e. The van der Waals surface area contributed by atoms with Crippen molar-refractivity contribution >= 4 is 5.91 Å². The standard InChI is InChI=1S/C33H31N3O3/c1-22(23-9-3-2-4-10-23)15-17-34-21-36(35-18-16-29(37)31(38)30(35)32(34)39)33-26(19-24-11-5-7-13-27(24)33)20-25-12-6-8-14-28(25)33/h2-14,16,18,22,26,38H,15,17,19-21H2,1H3. The molecule has 0 saturated carbocycles. The number of rotatable bonds is 5. The molecule has 39 heavy (non-hydrogen) atoms. The third-order valence-electron chi connectivity index (χ3n) is 9.10. The highest BCUT2D eigenvalue weighted by atomic mass is 16.3. The molecule has 0 radical (unpaired) electrons. The number of hydrogen-bond donors (Lipinski definition) is 1. The van der Waals surface area contributed by atoms with Gasteiger partial charge >= 0.3 is 0 Å². The minimum atomic E-state index is -0.540. The van der Waals surface area contributed by atoms with Crippen molar-refractivity contribution < 1.29 is 9.90 Å². The molecule has 7 rings (SSSR count). The van der Waals surface area contributed by atoms with Gasteiger partial charge in [-0.15, -0.1) is 0 Å². The molecule has 3 aromatic carbocycles. The molecular weight excluding hydrogens is 486 g/mol. The lowest BCUT2D eigenvalue weighted by Crippen LogP contribution is -2.63. The van der Waals surface area contributed by atoms with Gasteiger partial charge in [-0.1, -0.05) is 85.8 Å². The molecule has 1 N–H and O–H groups in total. The predicted octanol–water partition coefficient (Wildman–Crippen LogP) is 4.77. The predicted molar refractivity (Wildman–Crippen MR) is 151 cm³/mol. The van der Waals surface area contributed by atoms with E-state index in [-0.39, 0.29) is 23.4 Å². The summed E-state index contributed by atoms with van der Waals surface area (Å²) in [7, 11) is 0. The molecule has 2 heterocycles. The maximum absolute atomic E-state index is 13.9. The van der Waals surface area contributed by atoms with E-state index in [4.69, 9.17) is 0 Å². The Hall–Kier alpha value is -4.32. The molecule has 6 heteroatoms. The van der Waals surface area contributed by atoms with E-state index in [0.29, 0.717) is 13.2 Å². The molecule has 0 fully saturated rings. The summed E-state index contributed by atoms with van der Waals surface area (Å²) in [4.78, 5) is 28.3. The maximum Gasteiger partial charge on any atom is 0.277 e. The van der Waals surface area contributed by atoms with E-state index < -0.39 is 16.7 Å². The molecule has 0 spiro atoms. The Balaban J connectivity index is 1.37. The average Bonchev–Trinajstić information content (AvgIpc) is 3.46. The highest BCUT2D eigenvalue weighted by Crippen LogP contribution is 2.56. The summed E-state index contributed by atoms with van der Waals surface area (Å²) in [6.45, 7) is 3.04. The Labute approximate surface area is 227 Å². The van der Waals surface area contributed by atoms with Gasteiger partial charge in [0, 0.05) is 24.7 Å². The number of aromatic nitrogens is 1. The van der Waals surface area contributed by atoms with Gasteiger partial charge in [0.15, 0.2) is 11.4 Å². The number of fused-ring (bicyclic) bond motifs is 6. The van der Waals surface area contributed by atoms with Gasteiger partial charge in [0.25, 0.3) is 5.91 Å². The third-order valence-corrected chi connectivity index (χ3v) is 9.10. The number of hydrogen-bond acceptors (Lipinski definition) is 4. The quantitative estimate of drug-likeness (QED) is 0.414. The number of aromatic hydroxyl groups is 1. The highest BCUT2D eigenvalue weighted by molar-refractivity contribution is 5.96. The minimum Gasteiger partial charge on any atom is -0.502 e. The molecule has 4 aromatic rings. The van der Waals surface area contributed by atoms with Crippen LogP contribution in [-0.2, 0) is 18.4 Å². The minimum absolute atomic E-state index is 0.0444. The van der Waals surface area contributed by atoms with Gasteiger partial charge in [0.05, 0.1) is 0 Å². The van der Waals surface area contributed by atoms with Crippen LogP contribution in [0.4, 0.5) is 0 Å². The first kappa shape index (κ1) is 23.8. The molecule has 1 aliphatic heterocycles. The van der Waals surface area contributed by atoms with E-state index in [9.17, 15) is 14.7 Å². The summed E-state index contributed by atoms with van der Waals surface area (Å²) in [6, 6.07) is 28.8. The summed E-state index contributed by atoms with van der Waals surface area (Å²) in [5.41, 5.74) is 5.30. The van der Waals surface area contributed by atoms with Gasteiger partial charge in [0.1, 0.15) is 12.2 Å². The van der Waals surface area contributed by atoms with E-state index in [2.05, 4.69) is 72.6 Å². The average molecular weight is 518 g/mol. The molecule has 2 aliphatic carbocycles. The molecule has 0 saturated heterocycles. The van der Waals surface area contributed by atoms with Crippen molar-refractivity contribution in [3.05, 3.63) is 135 Å². The second kappa shape index (κ2) is 8.87. The molecule has 1 atom stereocenters. The van der Waals surface area contributed by atoms with Crippen molar-refractivity contribution in [1.29, 1.82) is 0 Å². The zero-order valence-corrected chi connectivity index (χ0v) is 22.0. The van der Waals surface area contributed by atoms with Crippen LogP contribution in [0.15, 0.2) is 95.9 Å². The largest absolute Gasteiger partial charge is 0.502 e. The van der Waals surface area contributed by atoms with Crippen molar-refractivity contribution in [3.8, 4) is 5.75 Å². The van der Waals surface area contributed by atoms with Crippen LogP contribution >= 0.6 is 0 Å². The van der Waals surface area contributed by atoms with Crippen molar-refractivity contribution in [1.82, 2.24) is 9.58 Å². The zero-order valence-electron chi connectivity index (χ0n) is 22.0. The van der Waals surface area contributed by atoms with Gasteiger partial charge < -0.3 is 10.0 Å². The van der Waals surface area contributed by atoms with Crippen LogP contribution in [0.5, 0.6) is 5.75 Å². The normalized spacial score (nSPS) is 21.8. The van der Waals surface area contributed by atoms with Crippen LogP contribution in [0.2, 0.25) is 0 Å². The van der Waals surface area contributed by atoms with E-state index >= 15 is 0 Å². The number of carbonyl (C=O) groups is 1. The monoisotopic (exact) mass is 517 g/mol. The lowest BCUT2D eigenvalue weighted by Gasteiger charge is -2.50. The first-order valence-electron chi connectivity index (χ1n) is 13.7. The number of pyridine rings is 1. The van der Waals surface area contributed by atoms with Gasteiger partial charge in [0.2, 0.25) is 5.43 Å². The highest BCUT2D eigenvalue weighted by Gasteiger charge is 2.58. The zero-order chi connectivity index (χ0) is 26.7. The Morgan fingerprint density at radius 3 is 2.15 bits per heavy atom. The van der Waals surface area contributed by atoms with E-state index in [1.54, 1.807) is 10.9 Å². The molecule has 6 nitrogen and oxygen atoms in total. The molecule has 196 valence electrons. The van der Waals surface area contributed by atoms with E-state index in [0.717, 1.165) is 19.3 Å². The lowest BCUT2D eigenvalue weighted by atomic mass is 9.81. The Morgan fingerprint density at radius 1 is 0.872 bits per heavy atom. The number of amides is 1. The molecular formula is C33H31N3O3. The van der Waals surface area contributed by atoms with Gasteiger partial charge in [-0.25, -0.2) is 0 Å². The lowest BCUT2D eigenvalue weighted by molar-refractivity contribution is 0.0641. The first-order chi connectivity index (χ1) is 19.0. The Morgan fingerprint density at radius 2 is 1.49 bits per heavy atom. The van der Waals surface area contributed by atoms with Gasteiger partial charge in [-0.3, -0.25) is 19.3 Å². The van der Waals surface area contributed by atoms with Crippen molar-refractivity contribution in [2.24, 2.45) is 5.92 Å². The Bertz CT molecular complexity index is 1590. The second-order valence-electron chi connectivity index (χ2n) is 11.1. The van der Waals surface area contributed by atoms with Gasteiger partial charge in [-0.05, 0) is 53.0 Å². The van der Waals surface area contributed by atoms with Crippen LogP contribution in [0.25, 0.3) is 0 Å². The summed E-state index contributed by atoms with van der Waals surface area (Å²) in [5, 5.41) is 13.2. The molecule has 0 bridgehead atoms.